The van der Waals surface area contributed by atoms with Crippen LogP contribution in [0.15, 0.2) is 30.9 Å². The van der Waals surface area contributed by atoms with Gasteiger partial charge in [0, 0.05) is 5.92 Å². The maximum Gasteiger partial charge on any atom is 0.276 e. The molecular weight excluding hydrogens is 326 g/mol. The number of rotatable bonds is 6. The minimum Gasteiger partial charge on any atom is -0.295 e. The molecular formula is C15H17N7OS. The summed E-state index contributed by atoms with van der Waals surface area (Å²) in [5, 5.41) is 19.8. The van der Waals surface area contributed by atoms with E-state index in [0.717, 1.165) is 17.8 Å². The summed E-state index contributed by atoms with van der Waals surface area (Å²) >= 11 is 1.40. The number of anilines is 1. The molecule has 124 valence electrons. The fourth-order valence-corrected chi connectivity index (χ4v) is 3.04. The van der Waals surface area contributed by atoms with E-state index in [-0.39, 0.29) is 5.91 Å². The van der Waals surface area contributed by atoms with Gasteiger partial charge in [0.25, 0.3) is 5.91 Å². The third kappa shape index (κ3) is 3.62. The normalized spacial score (nSPS) is 12.1. The fraction of sp³-hybridized carbons (Fsp3) is 0.333. The zero-order valence-corrected chi connectivity index (χ0v) is 14.2. The highest BCUT2D eigenvalue weighted by atomic mass is 32.1. The van der Waals surface area contributed by atoms with Crippen LogP contribution in [0.3, 0.4) is 0 Å². The zero-order chi connectivity index (χ0) is 16.9. The Labute approximate surface area is 143 Å². The standard InChI is InChI=1S/C15H17N7OS/c1-3-5-10(2)14-20-21-15(24-14)19-13(23)11-6-4-7-12(18-11)22-8-16-17-9-22/h4,6-10H,3,5H2,1-2H3,(H,19,21,23)/t10-/m1/s1. The van der Waals surface area contributed by atoms with E-state index in [0.29, 0.717) is 22.6 Å². The average molecular weight is 343 g/mol. The number of pyridine rings is 1. The summed E-state index contributed by atoms with van der Waals surface area (Å²) in [6, 6.07) is 5.17. The maximum absolute atomic E-state index is 12.4. The van der Waals surface area contributed by atoms with Crippen LogP contribution in [0.2, 0.25) is 0 Å². The van der Waals surface area contributed by atoms with Crippen LogP contribution < -0.4 is 5.32 Å². The van der Waals surface area contributed by atoms with Gasteiger partial charge in [-0.2, -0.15) is 0 Å². The van der Waals surface area contributed by atoms with Crippen molar-refractivity contribution in [3.8, 4) is 5.82 Å². The van der Waals surface area contributed by atoms with E-state index < -0.39 is 0 Å². The summed E-state index contributed by atoms with van der Waals surface area (Å²) in [4.78, 5) is 16.7. The van der Waals surface area contributed by atoms with Crippen molar-refractivity contribution < 1.29 is 4.79 Å². The van der Waals surface area contributed by atoms with Crippen LogP contribution in [0.4, 0.5) is 5.13 Å². The fourth-order valence-electron chi connectivity index (χ4n) is 2.21. The van der Waals surface area contributed by atoms with Crippen LogP contribution in [-0.2, 0) is 0 Å². The topological polar surface area (TPSA) is 98.5 Å². The van der Waals surface area contributed by atoms with E-state index in [4.69, 9.17) is 0 Å². The van der Waals surface area contributed by atoms with Gasteiger partial charge in [0.15, 0.2) is 0 Å². The van der Waals surface area contributed by atoms with Gasteiger partial charge in [0.1, 0.15) is 29.2 Å². The molecule has 0 aliphatic heterocycles. The summed E-state index contributed by atoms with van der Waals surface area (Å²) < 4.78 is 1.63. The van der Waals surface area contributed by atoms with Crippen molar-refractivity contribution in [2.75, 3.05) is 5.32 Å². The van der Waals surface area contributed by atoms with E-state index in [2.05, 4.69) is 44.5 Å². The molecule has 0 aliphatic carbocycles. The molecule has 0 saturated heterocycles. The van der Waals surface area contributed by atoms with Gasteiger partial charge in [-0.1, -0.05) is 37.7 Å². The van der Waals surface area contributed by atoms with Gasteiger partial charge in [0.2, 0.25) is 5.13 Å². The molecule has 3 rings (SSSR count). The van der Waals surface area contributed by atoms with Crippen LogP contribution in [0.25, 0.3) is 5.82 Å². The van der Waals surface area contributed by atoms with E-state index in [1.54, 1.807) is 22.8 Å². The minimum absolute atomic E-state index is 0.291. The predicted molar refractivity (Wildman–Crippen MR) is 90.3 cm³/mol. The highest BCUT2D eigenvalue weighted by molar-refractivity contribution is 7.15. The second-order valence-electron chi connectivity index (χ2n) is 5.34. The van der Waals surface area contributed by atoms with Gasteiger partial charge < -0.3 is 0 Å². The van der Waals surface area contributed by atoms with E-state index in [9.17, 15) is 4.79 Å². The first kappa shape index (κ1) is 16.2. The van der Waals surface area contributed by atoms with E-state index >= 15 is 0 Å². The molecule has 0 aromatic carbocycles. The Morgan fingerprint density at radius 1 is 1.29 bits per heavy atom. The number of nitrogens with one attached hydrogen (secondary N) is 1. The van der Waals surface area contributed by atoms with Crippen molar-refractivity contribution in [1.29, 1.82) is 0 Å². The molecule has 0 spiro atoms. The first-order chi connectivity index (χ1) is 11.7. The largest absolute Gasteiger partial charge is 0.295 e. The Kier molecular flexibility index (Phi) is 4.90. The maximum atomic E-state index is 12.4. The van der Waals surface area contributed by atoms with E-state index in [1.807, 2.05) is 0 Å². The summed E-state index contributed by atoms with van der Waals surface area (Å²) in [7, 11) is 0. The van der Waals surface area contributed by atoms with Gasteiger partial charge in [-0.05, 0) is 18.6 Å². The molecule has 1 amide bonds. The van der Waals surface area contributed by atoms with Crippen LogP contribution in [0.5, 0.6) is 0 Å². The Hall–Kier alpha value is -2.68. The van der Waals surface area contributed by atoms with E-state index in [1.165, 1.54) is 24.0 Å². The minimum atomic E-state index is -0.323. The zero-order valence-electron chi connectivity index (χ0n) is 13.4. The highest BCUT2D eigenvalue weighted by Gasteiger charge is 2.15. The summed E-state index contributed by atoms with van der Waals surface area (Å²) in [5.41, 5.74) is 0.291. The molecule has 0 saturated carbocycles. The molecule has 8 nitrogen and oxygen atoms in total. The SMILES string of the molecule is CCC[C@@H](C)c1nnc(NC(=O)c2cccc(-n3cnnc3)n2)s1. The molecule has 0 bridgehead atoms. The molecule has 3 aromatic rings. The van der Waals surface area contributed by atoms with Crippen molar-refractivity contribution in [3.05, 3.63) is 41.6 Å². The Morgan fingerprint density at radius 3 is 2.83 bits per heavy atom. The first-order valence-corrected chi connectivity index (χ1v) is 8.46. The molecule has 0 aliphatic rings. The summed E-state index contributed by atoms with van der Waals surface area (Å²) in [5.74, 6) is 0.589. The Morgan fingerprint density at radius 2 is 2.08 bits per heavy atom. The second-order valence-corrected chi connectivity index (χ2v) is 6.35. The molecule has 1 atom stereocenters. The number of hydrogen-bond donors (Lipinski definition) is 1. The molecule has 0 fully saturated rings. The molecule has 24 heavy (non-hydrogen) atoms. The van der Waals surface area contributed by atoms with Crippen molar-refractivity contribution in [2.45, 2.75) is 32.6 Å². The lowest BCUT2D eigenvalue weighted by Crippen LogP contribution is -2.14. The molecule has 1 N–H and O–H groups in total. The number of carbonyl (C=O) groups is 1. The summed E-state index contributed by atoms with van der Waals surface area (Å²) in [6.07, 6.45) is 5.18. The van der Waals surface area contributed by atoms with Crippen LogP contribution in [0, 0.1) is 0 Å². The van der Waals surface area contributed by atoms with Gasteiger partial charge in [-0.3, -0.25) is 14.7 Å². The quantitative estimate of drug-likeness (QED) is 0.739. The van der Waals surface area contributed by atoms with Gasteiger partial charge in [0.05, 0.1) is 0 Å². The number of nitrogens with zero attached hydrogens (tertiary/aromatic N) is 6. The van der Waals surface area contributed by atoms with Crippen molar-refractivity contribution in [1.82, 2.24) is 29.9 Å². The second kappa shape index (κ2) is 7.26. The number of carbonyl (C=O) groups excluding carboxylic acids is 1. The summed E-state index contributed by atoms with van der Waals surface area (Å²) in [6.45, 7) is 4.24. The predicted octanol–water partition coefficient (Wildman–Crippen LogP) is 2.67. The van der Waals surface area contributed by atoms with Crippen molar-refractivity contribution >= 4 is 22.4 Å². The van der Waals surface area contributed by atoms with Crippen LogP contribution >= 0.6 is 11.3 Å². The first-order valence-electron chi connectivity index (χ1n) is 7.64. The number of aromatic nitrogens is 6. The van der Waals surface area contributed by atoms with Gasteiger partial charge in [-0.25, -0.2) is 4.98 Å². The molecule has 0 radical (unpaired) electrons. The van der Waals surface area contributed by atoms with Gasteiger partial charge >= 0.3 is 0 Å². The van der Waals surface area contributed by atoms with Crippen molar-refractivity contribution in [2.24, 2.45) is 0 Å². The van der Waals surface area contributed by atoms with Gasteiger partial charge in [-0.15, -0.1) is 20.4 Å². The molecule has 3 aromatic heterocycles. The third-order valence-corrected chi connectivity index (χ3v) is 4.52. The van der Waals surface area contributed by atoms with Crippen LogP contribution in [0.1, 0.15) is 48.1 Å². The molecule has 9 heteroatoms. The lowest BCUT2D eigenvalue weighted by molar-refractivity contribution is 0.102. The highest BCUT2D eigenvalue weighted by Crippen LogP contribution is 2.26. The average Bonchev–Trinajstić information content (AvgIpc) is 3.27. The Bertz CT molecular complexity index is 815. The lowest BCUT2D eigenvalue weighted by Gasteiger charge is -2.04. The number of amides is 1. The van der Waals surface area contributed by atoms with Crippen LogP contribution in [-0.4, -0.2) is 35.9 Å². The number of hydrogen-bond acceptors (Lipinski definition) is 7. The monoisotopic (exact) mass is 343 g/mol. The molecule has 3 heterocycles. The lowest BCUT2D eigenvalue weighted by atomic mass is 10.1. The Balaban J connectivity index is 1.72. The third-order valence-electron chi connectivity index (χ3n) is 3.45. The smallest absolute Gasteiger partial charge is 0.276 e. The molecule has 0 unspecified atom stereocenters. The van der Waals surface area contributed by atoms with Crippen molar-refractivity contribution in [3.63, 3.8) is 0 Å².